The Morgan fingerprint density at radius 3 is 1.61 bits per heavy atom. The first kappa shape index (κ1) is 30.6. The Bertz CT molecular complexity index is 2310. The monoisotopic (exact) mass is 634 g/mol. The Morgan fingerprint density at radius 1 is 0.457 bits per heavy atom. The summed E-state index contributed by atoms with van der Waals surface area (Å²) in [5.41, 5.74) is -1.82. The van der Waals surface area contributed by atoms with E-state index < -0.39 is 68.0 Å². The van der Waals surface area contributed by atoms with Gasteiger partial charge in [-0.25, -0.2) is 0 Å². The molecule has 0 atom stereocenters. The van der Waals surface area contributed by atoms with E-state index in [1.165, 1.54) is 19.1 Å². The predicted molar refractivity (Wildman–Crippen MR) is 159 cm³/mol. The lowest BCUT2D eigenvalue weighted by Crippen LogP contribution is -2.03. The minimum absolute atomic E-state index is 0.0730. The maximum absolute atomic E-state index is 12.2. The van der Waals surface area contributed by atoms with Crippen molar-refractivity contribution in [1.82, 2.24) is 0 Å². The van der Waals surface area contributed by atoms with E-state index in [0.29, 0.717) is 5.56 Å². The molecule has 0 amide bonds. The van der Waals surface area contributed by atoms with Gasteiger partial charge < -0.3 is 65.0 Å². The average molecular weight is 635 g/mol. The topological polar surface area (TPSA) is 283 Å². The van der Waals surface area contributed by atoms with Gasteiger partial charge in [-0.1, -0.05) is 0 Å². The number of fused-ring (bicyclic) bond motifs is 2. The quantitative estimate of drug-likeness (QED) is 0.120. The molecule has 0 unspecified atom stereocenters. The number of phenols is 9. The molecule has 11 N–H and O–H groups in total. The van der Waals surface area contributed by atoms with Crippen LogP contribution in [0, 0.1) is 6.92 Å². The van der Waals surface area contributed by atoms with Crippen LogP contribution in [0.2, 0.25) is 0 Å². The minimum atomic E-state index is -1.04. The van der Waals surface area contributed by atoms with Crippen LogP contribution in [0.25, 0.3) is 44.6 Å². The molecule has 0 saturated heterocycles. The molecule has 0 radical (unpaired) electrons. The summed E-state index contributed by atoms with van der Waals surface area (Å²) in [6, 6.07) is 8.95. The Kier molecular flexibility index (Phi) is 7.30. The first-order valence-corrected chi connectivity index (χ1v) is 12.8. The second-order valence-electron chi connectivity index (χ2n) is 9.89. The van der Waals surface area contributed by atoms with Gasteiger partial charge in [-0.3, -0.25) is 9.59 Å². The highest BCUT2D eigenvalue weighted by Crippen LogP contribution is 2.43. The number of aromatic hydroxyl groups is 11. The van der Waals surface area contributed by atoms with Crippen LogP contribution in [0.15, 0.2) is 67.0 Å². The molecular weight excluding hydrogens is 612 g/mol. The first-order chi connectivity index (χ1) is 21.6. The molecule has 15 nitrogen and oxygen atoms in total. The van der Waals surface area contributed by atoms with E-state index in [2.05, 4.69) is 0 Å². The van der Waals surface area contributed by atoms with Crippen LogP contribution in [0.4, 0.5) is 0 Å². The number of hydrogen-bond acceptors (Lipinski definition) is 15. The smallest absolute Gasteiger partial charge is 0.238 e. The molecule has 0 aliphatic carbocycles. The van der Waals surface area contributed by atoms with Crippen molar-refractivity contribution < 1.29 is 65.0 Å². The number of benzene rings is 4. The minimum Gasteiger partial charge on any atom is -0.508 e. The van der Waals surface area contributed by atoms with Gasteiger partial charge in [0.1, 0.15) is 33.4 Å². The Morgan fingerprint density at radius 2 is 1.00 bits per heavy atom. The standard InChI is InChI=1S/C16H12O7.C15H10O8/c1-6-2-7(3-10(19)13(6)20)16-15(22)14(21)12-9(18)4-8(17)5-11(12)23-16;16-6-2-1-5(3-7(6)17)15-14(22)13(21)10-9(23-15)4-8(18)11(19)12(10)20/h2-5,17-20,22H,1H3;1-4,16-20,22H. The van der Waals surface area contributed by atoms with Crippen molar-refractivity contribution in [3.8, 4) is 85.9 Å². The molecule has 6 rings (SSSR count). The van der Waals surface area contributed by atoms with Crippen molar-refractivity contribution in [3.63, 3.8) is 0 Å². The van der Waals surface area contributed by atoms with E-state index in [0.717, 1.165) is 36.4 Å². The predicted octanol–water partition coefficient (Wildman–Crippen LogP) is 3.99. The van der Waals surface area contributed by atoms with Crippen LogP contribution in [0.3, 0.4) is 0 Å². The summed E-state index contributed by atoms with van der Waals surface area (Å²) in [6.45, 7) is 1.52. The van der Waals surface area contributed by atoms with E-state index in [9.17, 15) is 65.8 Å². The van der Waals surface area contributed by atoms with Gasteiger partial charge in [0, 0.05) is 29.3 Å². The second kappa shape index (κ2) is 11.0. The van der Waals surface area contributed by atoms with E-state index in [1.54, 1.807) is 0 Å². The second-order valence-corrected chi connectivity index (χ2v) is 9.89. The lowest BCUT2D eigenvalue weighted by atomic mass is 10.1. The van der Waals surface area contributed by atoms with Crippen LogP contribution in [-0.4, -0.2) is 56.2 Å². The summed E-state index contributed by atoms with van der Waals surface area (Å²) in [5, 5.41) is 105. The van der Waals surface area contributed by atoms with Gasteiger partial charge in [0.05, 0.1) is 0 Å². The van der Waals surface area contributed by atoms with Gasteiger partial charge in [-0.2, -0.15) is 0 Å². The lowest BCUT2D eigenvalue weighted by Gasteiger charge is -2.09. The third-order valence-electron chi connectivity index (χ3n) is 6.80. The Balaban J connectivity index is 0.000000181. The molecule has 15 heteroatoms. The zero-order valence-electron chi connectivity index (χ0n) is 23.2. The van der Waals surface area contributed by atoms with E-state index in [4.69, 9.17) is 8.83 Å². The summed E-state index contributed by atoms with van der Waals surface area (Å²) in [5.74, 6) is -7.32. The third kappa shape index (κ3) is 5.02. The molecule has 2 heterocycles. The van der Waals surface area contributed by atoms with E-state index in [1.807, 2.05) is 0 Å². The summed E-state index contributed by atoms with van der Waals surface area (Å²) >= 11 is 0. The largest absolute Gasteiger partial charge is 0.508 e. The summed E-state index contributed by atoms with van der Waals surface area (Å²) in [6.07, 6.45) is 0. The van der Waals surface area contributed by atoms with Gasteiger partial charge in [0.25, 0.3) is 0 Å². The Hall–Kier alpha value is -6.90. The molecule has 6 aromatic rings. The number of rotatable bonds is 2. The molecule has 0 spiro atoms. The van der Waals surface area contributed by atoms with Crippen LogP contribution >= 0.6 is 0 Å². The average Bonchev–Trinajstić information content (AvgIpc) is 2.99. The molecular formula is C31H22O15. The summed E-state index contributed by atoms with van der Waals surface area (Å²) in [4.78, 5) is 24.4. The number of phenolic OH excluding ortho intramolecular Hbond substituents is 9. The third-order valence-corrected chi connectivity index (χ3v) is 6.80. The van der Waals surface area contributed by atoms with Crippen molar-refractivity contribution in [3.05, 3.63) is 74.5 Å². The van der Waals surface area contributed by atoms with Gasteiger partial charge in [0.2, 0.25) is 28.1 Å². The van der Waals surface area contributed by atoms with E-state index >= 15 is 0 Å². The highest BCUT2D eigenvalue weighted by atomic mass is 16.4. The molecule has 2 aromatic heterocycles. The fourth-order valence-corrected chi connectivity index (χ4v) is 4.52. The van der Waals surface area contributed by atoms with Crippen LogP contribution in [0.1, 0.15) is 5.56 Å². The zero-order chi connectivity index (χ0) is 33.8. The van der Waals surface area contributed by atoms with E-state index in [-0.39, 0.29) is 50.7 Å². The molecule has 0 aliphatic rings. The van der Waals surface area contributed by atoms with Gasteiger partial charge in [0.15, 0.2) is 46.0 Å². The van der Waals surface area contributed by atoms with Crippen molar-refractivity contribution >= 4 is 21.9 Å². The fourth-order valence-electron chi connectivity index (χ4n) is 4.52. The summed E-state index contributed by atoms with van der Waals surface area (Å²) < 4.78 is 10.7. The number of hydrogen-bond donors (Lipinski definition) is 11. The SMILES string of the molecule is Cc1cc(-c2oc3cc(O)cc(O)c3c(=O)c2O)cc(O)c1O.O=c1c(O)c(-c2ccc(O)c(O)c2)oc2cc(O)c(O)c(O)c12. The van der Waals surface area contributed by atoms with Gasteiger partial charge in [-0.05, 0) is 42.8 Å². The van der Waals surface area contributed by atoms with Gasteiger partial charge >= 0.3 is 0 Å². The highest BCUT2D eigenvalue weighted by molar-refractivity contribution is 5.91. The van der Waals surface area contributed by atoms with Crippen molar-refractivity contribution in [2.75, 3.05) is 0 Å². The van der Waals surface area contributed by atoms with Gasteiger partial charge in [-0.15, -0.1) is 0 Å². The fraction of sp³-hybridized carbons (Fsp3) is 0.0323. The zero-order valence-corrected chi connectivity index (χ0v) is 23.2. The maximum atomic E-state index is 12.2. The van der Waals surface area contributed by atoms with Crippen molar-refractivity contribution in [1.29, 1.82) is 0 Å². The highest BCUT2D eigenvalue weighted by Gasteiger charge is 2.23. The lowest BCUT2D eigenvalue weighted by molar-refractivity contribution is 0.369. The first-order valence-electron chi connectivity index (χ1n) is 12.8. The molecule has 4 aromatic carbocycles. The van der Waals surface area contributed by atoms with Crippen LogP contribution < -0.4 is 10.9 Å². The molecule has 0 saturated carbocycles. The molecule has 236 valence electrons. The van der Waals surface area contributed by atoms with Crippen molar-refractivity contribution in [2.45, 2.75) is 6.92 Å². The maximum Gasteiger partial charge on any atom is 0.238 e. The Labute approximate surface area is 254 Å². The van der Waals surface area contributed by atoms with Crippen LogP contribution in [0.5, 0.6) is 63.2 Å². The normalized spacial score (nSPS) is 11.0. The molecule has 0 aliphatic heterocycles. The number of aryl methyl sites for hydroxylation is 1. The summed E-state index contributed by atoms with van der Waals surface area (Å²) in [7, 11) is 0. The molecule has 0 bridgehead atoms. The molecule has 0 fully saturated rings. The molecule has 46 heavy (non-hydrogen) atoms. The van der Waals surface area contributed by atoms with Crippen molar-refractivity contribution in [2.24, 2.45) is 0 Å². The van der Waals surface area contributed by atoms with Crippen LogP contribution in [-0.2, 0) is 0 Å².